The fraction of sp³-hybridized carbons (Fsp3) is 0.871. The number of hydrogen-bond donors (Lipinski definition) is 2. The van der Waals surface area contributed by atoms with Gasteiger partial charge in [0, 0.05) is 6.20 Å². The van der Waals surface area contributed by atoms with E-state index in [9.17, 15) is 14.8 Å². The Hall–Kier alpha value is -1.07. The number of anilines is 1. The highest BCUT2D eigenvalue weighted by atomic mass is 28.4. The molecule has 1 fully saturated rings. The van der Waals surface area contributed by atoms with Gasteiger partial charge in [0.2, 0.25) is 0 Å². The molecule has 2 heterocycles. The molecule has 44 heavy (non-hydrogen) atoms. The maximum atomic E-state index is 13.5. The monoisotopic (exact) mass is 673 g/mol. The zero-order chi connectivity index (χ0) is 34.6. The van der Waals surface area contributed by atoms with E-state index in [1.165, 1.54) is 10.8 Å². The molecule has 10 nitrogen and oxygen atoms in total. The molecule has 1 saturated heterocycles. The first kappa shape index (κ1) is 39.1. The van der Waals surface area contributed by atoms with Crippen molar-refractivity contribution in [2.45, 2.75) is 168 Å². The van der Waals surface area contributed by atoms with Gasteiger partial charge in [-0.3, -0.25) is 19.6 Å². The number of rotatable bonds is 9. The van der Waals surface area contributed by atoms with Gasteiger partial charge in [-0.15, -0.1) is 0 Å². The quantitative estimate of drug-likeness (QED) is 0.208. The number of nitrogens with zero attached hydrogens (tertiary/aromatic N) is 2. The average molecular weight is 674 g/mol. The summed E-state index contributed by atoms with van der Waals surface area (Å²) in [6, 6.07) is 0. The van der Waals surface area contributed by atoms with E-state index in [1.807, 2.05) is 0 Å². The summed E-state index contributed by atoms with van der Waals surface area (Å²) in [6.45, 7) is 38.4. The number of hydrogen-bond acceptors (Lipinski definition) is 8. The highest BCUT2D eigenvalue weighted by Gasteiger charge is 2.55. The maximum Gasteiger partial charge on any atom is 0.330 e. The van der Waals surface area contributed by atoms with E-state index in [2.05, 4.69) is 107 Å². The van der Waals surface area contributed by atoms with Gasteiger partial charge < -0.3 is 18.0 Å². The third kappa shape index (κ3) is 8.44. The lowest BCUT2D eigenvalue weighted by molar-refractivity contribution is -0.0510. The van der Waals surface area contributed by atoms with Crippen molar-refractivity contribution in [2.75, 3.05) is 11.7 Å². The molecular formula is C31H63N3O7Si3. The lowest BCUT2D eigenvalue weighted by Gasteiger charge is -2.44. The highest BCUT2D eigenvalue weighted by molar-refractivity contribution is 6.75. The molecule has 0 saturated carbocycles. The summed E-state index contributed by atoms with van der Waals surface area (Å²) < 4.78 is 29.1. The Bertz CT molecular complexity index is 1260. The van der Waals surface area contributed by atoms with Gasteiger partial charge in [0.25, 0.3) is 5.56 Å². The van der Waals surface area contributed by atoms with E-state index in [0.717, 1.165) is 5.06 Å². The Labute approximate surface area is 269 Å². The summed E-state index contributed by atoms with van der Waals surface area (Å²) >= 11 is 0. The number of aromatic amines is 1. The molecule has 1 aromatic heterocycles. The standard InChI is InChI=1S/C31H63N3O7Si3/c1-28(2,3)34(37)21-19-33(27(36)32-25(21)35)26-24(41-44(17,18)31(10,11)12)23(40-43(15,16)30(7,8)9)22(39-26)20-38-42(13,14)29(4,5)6/h19,22-24,26,37H,20H2,1-18H3,(H,32,35,36)/t22-,23-,24-,26-/m1/s1. The summed E-state index contributed by atoms with van der Waals surface area (Å²) in [4.78, 5) is 28.8. The third-order valence-electron chi connectivity index (χ3n) is 10.3. The van der Waals surface area contributed by atoms with Crippen molar-refractivity contribution in [1.82, 2.24) is 9.55 Å². The van der Waals surface area contributed by atoms with Crippen LogP contribution < -0.4 is 16.3 Å². The molecule has 4 atom stereocenters. The number of ether oxygens (including phenoxy) is 1. The third-order valence-corrected chi connectivity index (χ3v) is 23.7. The highest BCUT2D eigenvalue weighted by Crippen LogP contribution is 2.46. The van der Waals surface area contributed by atoms with Crippen LogP contribution in [0.4, 0.5) is 5.69 Å². The molecule has 0 bridgehead atoms. The zero-order valence-electron chi connectivity index (χ0n) is 30.9. The average Bonchev–Trinajstić information content (AvgIpc) is 3.10. The molecule has 0 aliphatic carbocycles. The van der Waals surface area contributed by atoms with Gasteiger partial charge in [-0.2, -0.15) is 0 Å². The number of aromatic nitrogens is 2. The summed E-state index contributed by atoms with van der Waals surface area (Å²) in [5.41, 5.74) is -2.19. The minimum atomic E-state index is -2.44. The van der Waals surface area contributed by atoms with Crippen molar-refractivity contribution in [1.29, 1.82) is 0 Å². The van der Waals surface area contributed by atoms with Crippen LogP contribution in [0.3, 0.4) is 0 Å². The number of hydroxylamine groups is 1. The smallest absolute Gasteiger partial charge is 0.330 e. The predicted octanol–water partition coefficient (Wildman–Crippen LogP) is 7.23. The van der Waals surface area contributed by atoms with E-state index in [0.29, 0.717) is 0 Å². The van der Waals surface area contributed by atoms with Crippen molar-refractivity contribution in [3.63, 3.8) is 0 Å². The van der Waals surface area contributed by atoms with Crippen LogP contribution in [0.5, 0.6) is 0 Å². The molecule has 0 unspecified atom stereocenters. The Balaban J connectivity index is 2.82. The van der Waals surface area contributed by atoms with Gasteiger partial charge in [-0.1, -0.05) is 62.3 Å². The summed E-state index contributed by atoms with van der Waals surface area (Å²) in [5.74, 6) is 0. The second-order valence-corrected chi connectivity index (χ2v) is 32.3. The first-order valence-corrected chi connectivity index (χ1v) is 24.6. The maximum absolute atomic E-state index is 13.5. The fourth-order valence-electron chi connectivity index (χ4n) is 4.05. The van der Waals surface area contributed by atoms with Gasteiger partial charge in [0.05, 0.1) is 12.1 Å². The number of nitrogens with one attached hydrogen (secondary N) is 1. The fourth-order valence-corrected chi connectivity index (χ4v) is 7.67. The van der Waals surface area contributed by atoms with Crippen LogP contribution in [0.25, 0.3) is 0 Å². The molecule has 2 rings (SSSR count). The summed E-state index contributed by atoms with van der Waals surface area (Å²) in [7, 11) is -6.99. The van der Waals surface area contributed by atoms with Gasteiger partial charge in [0.1, 0.15) is 24.0 Å². The second-order valence-electron chi connectivity index (χ2n) is 18.0. The minimum absolute atomic E-state index is 0.0138. The molecule has 1 aliphatic rings. The predicted molar refractivity (Wildman–Crippen MR) is 187 cm³/mol. The van der Waals surface area contributed by atoms with E-state index in [1.54, 1.807) is 20.8 Å². The number of H-pyrrole nitrogens is 1. The van der Waals surface area contributed by atoms with E-state index in [-0.39, 0.29) is 27.4 Å². The lowest BCUT2D eigenvalue weighted by Crippen LogP contribution is -2.55. The Morgan fingerprint density at radius 2 is 1.23 bits per heavy atom. The topological polar surface area (TPSA) is 115 Å². The van der Waals surface area contributed by atoms with Crippen LogP contribution in [-0.4, -0.2) is 70.2 Å². The molecule has 1 aromatic rings. The van der Waals surface area contributed by atoms with E-state index < -0.39 is 66.3 Å². The first-order chi connectivity index (χ1) is 19.3. The molecule has 1 aliphatic heterocycles. The largest absolute Gasteiger partial charge is 0.414 e. The van der Waals surface area contributed by atoms with E-state index in [4.69, 9.17) is 18.0 Å². The molecule has 0 radical (unpaired) electrons. The second kappa shape index (κ2) is 12.5. The Kier molecular flexibility index (Phi) is 11.1. The van der Waals surface area contributed by atoms with Crippen LogP contribution in [-0.2, 0) is 18.0 Å². The molecule has 0 amide bonds. The normalized spacial score (nSPS) is 22.9. The lowest BCUT2D eigenvalue weighted by atomic mass is 10.1. The molecule has 256 valence electrons. The van der Waals surface area contributed by atoms with Crippen molar-refractivity contribution < 1.29 is 23.2 Å². The SMILES string of the molecule is CC(C)(C)N(O)c1cn([C@@H]2O[C@H](CO[Si](C)(C)C(C)(C)C)[C@@H](O[Si](C)(C)C(C)(C)C)[C@H]2O[Si](C)(C)C(C)(C)C)c(=O)[nH]c1=O. The molecular weight excluding hydrogens is 611 g/mol. The Morgan fingerprint density at radius 1 is 0.795 bits per heavy atom. The van der Waals surface area contributed by atoms with Crippen LogP contribution >= 0.6 is 0 Å². The van der Waals surface area contributed by atoms with Crippen molar-refractivity contribution in [2.24, 2.45) is 0 Å². The molecule has 0 aromatic carbocycles. The summed E-state index contributed by atoms with van der Waals surface area (Å²) in [5, 5.41) is 11.6. The van der Waals surface area contributed by atoms with Crippen LogP contribution in [0.1, 0.15) is 89.3 Å². The van der Waals surface area contributed by atoms with Gasteiger partial charge in [-0.05, 0) is 75.2 Å². The Morgan fingerprint density at radius 3 is 1.64 bits per heavy atom. The van der Waals surface area contributed by atoms with Gasteiger partial charge >= 0.3 is 5.69 Å². The summed E-state index contributed by atoms with van der Waals surface area (Å²) in [6.07, 6.45) is -1.29. The van der Waals surface area contributed by atoms with Crippen molar-refractivity contribution in [3.05, 3.63) is 27.0 Å². The van der Waals surface area contributed by atoms with Crippen LogP contribution in [0.2, 0.25) is 54.4 Å². The van der Waals surface area contributed by atoms with Crippen molar-refractivity contribution >= 4 is 30.6 Å². The molecule has 2 N–H and O–H groups in total. The molecule has 0 spiro atoms. The van der Waals surface area contributed by atoms with Gasteiger partial charge in [0.15, 0.2) is 31.2 Å². The van der Waals surface area contributed by atoms with Gasteiger partial charge in [-0.25, -0.2) is 9.86 Å². The van der Waals surface area contributed by atoms with E-state index >= 15 is 0 Å². The minimum Gasteiger partial charge on any atom is -0.414 e. The molecule has 13 heteroatoms. The van der Waals surface area contributed by atoms with Crippen molar-refractivity contribution in [3.8, 4) is 0 Å². The first-order valence-electron chi connectivity index (χ1n) is 15.8. The van der Waals surface area contributed by atoms with Crippen LogP contribution in [0, 0.1) is 0 Å². The zero-order valence-corrected chi connectivity index (χ0v) is 33.9. The van der Waals surface area contributed by atoms with Crippen LogP contribution in [0.15, 0.2) is 15.8 Å².